The van der Waals surface area contributed by atoms with Crippen LogP contribution in [0.1, 0.15) is 23.2 Å². The molecule has 0 bridgehead atoms. The summed E-state index contributed by atoms with van der Waals surface area (Å²) in [4.78, 5) is 15.3. The van der Waals surface area contributed by atoms with Gasteiger partial charge in [-0.1, -0.05) is 0 Å². The number of carbonyl (C=O) groups excluding carboxylic acids is 1. The van der Waals surface area contributed by atoms with Gasteiger partial charge in [0, 0.05) is 25.3 Å². The van der Waals surface area contributed by atoms with Gasteiger partial charge in [-0.05, 0) is 25.0 Å². The number of hydrogen-bond donors (Lipinski definition) is 1. The summed E-state index contributed by atoms with van der Waals surface area (Å²) >= 11 is 0. The molecule has 1 amide bonds. The van der Waals surface area contributed by atoms with Gasteiger partial charge in [0.25, 0.3) is 5.91 Å². The highest BCUT2D eigenvalue weighted by atomic mass is 32.2. The number of halogens is 1. The van der Waals surface area contributed by atoms with Crippen molar-refractivity contribution in [3.05, 3.63) is 29.8 Å². The largest absolute Gasteiger partial charge is 0.349 e. The quantitative estimate of drug-likeness (QED) is 0.818. The normalized spacial score (nSPS) is 17.9. The predicted molar refractivity (Wildman–Crippen MR) is 71.1 cm³/mol. The van der Waals surface area contributed by atoms with E-state index in [9.17, 15) is 17.6 Å². The number of nitrogens with zero attached hydrogens (tertiary/aromatic N) is 2. The van der Waals surface area contributed by atoms with Crippen LogP contribution in [0.2, 0.25) is 0 Å². The first-order valence-electron chi connectivity index (χ1n) is 6.24. The Balaban J connectivity index is 1.93. The molecular weight excluding hydrogens is 285 g/mol. The molecule has 20 heavy (non-hydrogen) atoms. The van der Waals surface area contributed by atoms with Crippen LogP contribution in [0.5, 0.6) is 0 Å². The molecule has 2 rings (SSSR count). The van der Waals surface area contributed by atoms with Crippen molar-refractivity contribution in [1.29, 1.82) is 0 Å². The molecule has 110 valence electrons. The van der Waals surface area contributed by atoms with E-state index < -0.39 is 21.9 Å². The molecule has 1 aliphatic rings. The molecule has 0 unspecified atom stereocenters. The van der Waals surface area contributed by atoms with E-state index in [0.29, 0.717) is 25.9 Å². The minimum Gasteiger partial charge on any atom is -0.349 e. The number of hydrogen-bond acceptors (Lipinski definition) is 4. The van der Waals surface area contributed by atoms with Crippen molar-refractivity contribution in [3.63, 3.8) is 0 Å². The second-order valence-corrected chi connectivity index (χ2v) is 6.73. The lowest BCUT2D eigenvalue weighted by atomic mass is 10.1. The molecule has 0 atom stereocenters. The molecule has 0 aromatic carbocycles. The summed E-state index contributed by atoms with van der Waals surface area (Å²) in [6.45, 7) is 0.721. The average Bonchev–Trinajstić information content (AvgIpc) is 2.38. The summed E-state index contributed by atoms with van der Waals surface area (Å²) < 4.78 is 37.5. The van der Waals surface area contributed by atoms with Crippen LogP contribution in [0.4, 0.5) is 4.39 Å². The van der Waals surface area contributed by atoms with E-state index in [1.54, 1.807) is 0 Å². The molecule has 0 aliphatic carbocycles. The first-order valence-corrected chi connectivity index (χ1v) is 8.09. The zero-order chi connectivity index (χ0) is 14.8. The van der Waals surface area contributed by atoms with Crippen molar-refractivity contribution in [2.24, 2.45) is 0 Å². The maximum Gasteiger partial charge on any atom is 0.256 e. The van der Waals surface area contributed by atoms with Crippen molar-refractivity contribution in [2.45, 2.75) is 18.9 Å². The molecule has 6 nitrogen and oxygen atoms in total. The highest BCUT2D eigenvalue weighted by molar-refractivity contribution is 7.88. The summed E-state index contributed by atoms with van der Waals surface area (Å²) in [5.74, 6) is -1.33. The highest BCUT2D eigenvalue weighted by Crippen LogP contribution is 2.14. The maximum atomic E-state index is 13.4. The molecule has 1 aromatic heterocycles. The Kier molecular flexibility index (Phi) is 4.34. The van der Waals surface area contributed by atoms with E-state index in [1.807, 2.05) is 0 Å². The fourth-order valence-electron chi connectivity index (χ4n) is 2.15. The number of aromatic nitrogens is 1. The van der Waals surface area contributed by atoms with E-state index in [1.165, 1.54) is 22.6 Å². The Bertz CT molecular complexity index is 598. The molecular formula is C12H16FN3O3S. The molecule has 0 saturated carbocycles. The third-order valence-electron chi connectivity index (χ3n) is 3.26. The van der Waals surface area contributed by atoms with Crippen molar-refractivity contribution < 1.29 is 17.6 Å². The topological polar surface area (TPSA) is 79.4 Å². The van der Waals surface area contributed by atoms with Crippen LogP contribution >= 0.6 is 0 Å². The van der Waals surface area contributed by atoms with Gasteiger partial charge in [-0.15, -0.1) is 0 Å². The van der Waals surface area contributed by atoms with Crippen molar-refractivity contribution in [3.8, 4) is 0 Å². The van der Waals surface area contributed by atoms with Crippen LogP contribution in [-0.2, 0) is 10.0 Å². The summed E-state index contributed by atoms with van der Waals surface area (Å²) in [5, 5.41) is 2.71. The Morgan fingerprint density at radius 1 is 1.45 bits per heavy atom. The van der Waals surface area contributed by atoms with Crippen LogP contribution in [0.15, 0.2) is 18.3 Å². The Morgan fingerprint density at radius 2 is 2.10 bits per heavy atom. The number of nitrogens with one attached hydrogen (secondary N) is 1. The highest BCUT2D eigenvalue weighted by Gasteiger charge is 2.26. The molecule has 2 heterocycles. The Labute approximate surface area is 117 Å². The number of pyridine rings is 1. The van der Waals surface area contributed by atoms with Gasteiger partial charge in [-0.3, -0.25) is 4.79 Å². The first-order chi connectivity index (χ1) is 9.38. The van der Waals surface area contributed by atoms with Crippen molar-refractivity contribution in [2.75, 3.05) is 19.3 Å². The molecule has 1 saturated heterocycles. The molecule has 1 fully saturated rings. The van der Waals surface area contributed by atoms with Crippen LogP contribution < -0.4 is 5.32 Å². The number of rotatable bonds is 3. The minimum absolute atomic E-state index is 0.0990. The van der Waals surface area contributed by atoms with Gasteiger partial charge in [0.05, 0.1) is 11.8 Å². The summed E-state index contributed by atoms with van der Waals surface area (Å²) in [7, 11) is -3.19. The fourth-order valence-corrected chi connectivity index (χ4v) is 3.02. The smallest absolute Gasteiger partial charge is 0.256 e. The van der Waals surface area contributed by atoms with Gasteiger partial charge in [0.15, 0.2) is 0 Å². The average molecular weight is 301 g/mol. The number of sulfonamides is 1. The zero-order valence-electron chi connectivity index (χ0n) is 11.0. The molecule has 8 heteroatoms. The number of amides is 1. The zero-order valence-corrected chi connectivity index (χ0v) is 11.9. The van der Waals surface area contributed by atoms with Crippen LogP contribution in [0.3, 0.4) is 0 Å². The number of carbonyl (C=O) groups is 1. The summed E-state index contributed by atoms with van der Waals surface area (Å²) in [6, 6.07) is 2.70. The number of piperidine rings is 1. The fraction of sp³-hybridized carbons (Fsp3) is 0.500. The third kappa shape index (κ3) is 3.51. The van der Waals surface area contributed by atoms with Gasteiger partial charge in [0.1, 0.15) is 0 Å². The lowest BCUT2D eigenvalue weighted by molar-refractivity contribution is 0.0919. The van der Waals surface area contributed by atoms with Crippen LogP contribution in [-0.4, -0.2) is 49.0 Å². The second kappa shape index (κ2) is 5.84. The van der Waals surface area contributed by atoms with E-state index in [4.69, 9.17) is 0 Å². The Morgan fingerprint density at radius 3 is 2.65 bits per heavy atom. The lowest BCUT2D eigenvalue weighted by Crippen LogP contribution is -2.46. The van der Waals surface area contributed by atoms with Gasteiger partial charge < -0.3 is 5.32 Å². The van der Waals surface area contributed by atoms with Gasteiger partial charge in [0.2, 0.25) is 16.0 Å². The minimum atomic E-state index is -3.19. The molecule has 1 N–H and O–H groups in total. The third-order valence-corrected chi connectivity index (χ3v) is 4.57. The molecule has 0 radical (unpaired) electrons. The lowest BCUT2D eigenvalue weighted by Gasteiger charge is -2.30. The predicted octanol–water partition coefficient (Wildman–Crippen LogP) is 0.374. The van der Waals surface area contributed by atoms with Gasteiger partial charge in [-0.25, -0.2) is 17.7 Å². The van der Waals surface area contributed by atoms with E-state index >= 15 is 0 Å². The van der Waals surface area contributed by atoms with Crippen LogP contribution in [0.25, 0.3) is 0 Å². The molecule has 1 aromatic rings. The summed E-state index contributed by atoms with van der Waals surface area (Å²) in [6.07, 6.45) is 3.47. The monoisotopic (exact) mass is 301 g/mol. The van der Waals surface area contributed by atoms with Crippen molar-refractivity contribution >= 4 is 15.9 Å². The van der Waals surface area contributed by atoms with Gasteiger partial charge >= 0.3 is 0 Å². The van der Waals surface area contributed by atoms with Crippen LogP contribution in [0, 0.1) is 5.95 Å². The SMILES string of the molecule is CS(=O)(=O)N1CCC(NC(=O)c2cccnc2F)CC1. The van der Waals surface area contributed by atoms with E-state index in [0.717, 1.165) is 6.26 Å². The van der Waals surface area contributed by atoms with E-state index in [2.05, 4.69) is 10.3 Å². The Hall–Kier alpha value is -1.54. The molecule has 1 aliphatic heterocycles. The first kappa shape index (κ1) is 14.9. The molecule has 0 spiro atoms. The van der Waals surface area contributed by atoms with Gasteiger partial charge in [-0.2, -0.15) is 4.39 Å². The van der Waals surface area contributed by atoms with Crippen molar-refractivity contribution in [1.82, 2.24) is 14.6 Å². The standard InChI is InChI=1S/C12H16FN3O3S/c1-20(18,19)16-7-4-9(5-8-16)15-12(17)10-3-2-6-14-11(10)13/h2-3,6,9H,4-5,7-8H2,1H3,(H,15,17). The van der Waals surface area contributed by atoms with E-state index in [-0.39, 0.29) is 11.6 Å². The second-order valence-electron chi connectivity index (χ2n) is 4.75. The summed E-state index contributed by atoms with van der Waals surface area (Å²) in [5.41, 5.74) is -0.0990. The maximum absolute atomic E-state index is 13.4.